The van der Waals surface area contributed by atoms with Gasteiger partial charge in [0.1, 0.15) is 12.0 Å². The van der Waals surface area contributed by atoms with Gasteiger partial charge < -0.3 is 50.5 Å². The second-order valence-electron chi connectivity index (χ2n) is 9.25. The van der Waals surface area contributed by atoms with Crippen molar-refractivity contribution in [3.8, 4) is 0 Å². The maximum atomic E-state index is 13.6. The number of thiophene rings is 1. The molecular weight excluding hydrogens is 658 g/mol. The zero-order valence-corrected chi connectivity index (χ0v) is 25.4. The van der Waals surface area contributed by atoms with E-state index in [2.05, 4.69) is 10.6 Å². The highest BCUT2D eigenvalue weighted by Crippen LogP contribution is 2.61. The molecule has 2 aliphatic rings. The van der Waals surface area contributed by atoms with Crippen molar-refractivity contribution < 1.29 is 67.3 Å². The number of nitrogens with one attached hydrogen (secondary N) is 2. The van der Waals surface area contributed by atoms with Gasteiger partial charge in [0.05, 0.1) is 6.42 Å². The minimum Gasteiger partial charge on any atom is -0.449 e. The van der Waals surface area contributed by atoms with Crippen molar-refractivity contribution >= 4 is 68.3 Å². The van der Waals surface area contributed by atoms with Gasteiger partial charge in [0.15, 0.2) is 5.40 Å². The second kappa shape index (κ2) is 13.8. The Morgan fingerprint density at radius 1 is 1.16 bits per heavy atom. The van der Waals surface area contributed by atoms with Crippen molar-refractivity contribution in [2.45, 2.75) is 42.0 Å². The SMILES string of the molecule is NC(=O)OCC1=C(OC(=O)O)N2C(=O)C(NC(=O)Cc3cccs3)(C(=O)NCCCCC(P(=O)(O)O)P(=O)(O)O)[C@@H]2SC1. The number of hydrogen-bond donors (Lipinski definition) is 8. The van der Waals surface area contributed by atoms with Crippen LogP contribution in [-0.4, -0.2) is 94.8 Å². The third-order valence-corrected chi connectivity index (χ3v) is 12.4. The molecule has 0 aliphatic carbocycles. The Morgan fingerprint density at radius 2 is 1.84 bits per heavy atom. The van der Waals surface area contributed by atoms with E-state index in [0.717, 1.165) is 16.7 Å². The first-order valence-electron chi connectivity index (χ1n) is 12.2. The number of amides is 4. The molecule has 4 amide bonds. The maximum absolute atomic E-state index is 13.6. The largest absolute Gasteiger partial charge is 0.512 e. The fourth-order valence-corrected chi connectivity index (χ4v) is 9.08. The lowest BCUT2D eigenvalue weighted by atomic mass is 9.85. The van der Waals surface area contributed by atoms with Crippen molar-refractivity contribution in [1.29, 1.82) is 0 Å². The Kier molecular flexibility index (Phi) is 11.1. The summed E-state index contributed by atoms with van der Waals surface area (Å²) in [4.78, 5) is 101. The number of hydrogen-bond acceptors (Lipinski definition) is 11. The molecule has 2 atom stereocenters. The summed E-state index contributed by atoms with van der Waals surface area (Å²) >= 11 is 2.20. The standard InChI is InChI=1S/C21H28N4O14P2S2/c22-19(29)38-9-11-10-43-18-21(17(28)25(18)15(11)39-20(30)31,24-13(26)8-12-4-3-7-42-12)16(27)23-6-2-1-5-14(40(32,33)34)41(35,36)37/h3-4,7,14,18H,1-2,5-6,8-10H2,(H2,22,29)(H,23,27)(H,24,26)(H,30,31)(H2,32,33,34)(H2,35,36,37)/t18-,21?/m0/s1. The van der Waals surface area contributed by atoms with Crippen LogP contribution in [0.3, 0.4) is 0 Å². The summed E-state index contributed by atoms with van der Waals surface area (Å²) in [6.07, 6.45) is -3.87. The van der Waals surface area contributed by atoms with E-state index in [4.69, 9.17) is 15.2 Å². The molecule has 1 unspecified atom stereocenters. The summed E-state index contributed by atoms with van der Waals surface area (Å²) < 4.78 is 32.4. The van der Waals surface area contributed by atoms with E-state index in [0.29, 0.717) is 4.88 Å². The molecule has 9 N–H and O–H groups in total. The molecule has 0 radical (unpaired) electrons. The number of unbranched alkanes of at least 4 members (excludes halogenated alkanes) is 1. The van der Waals surface area contributed by atoms with Gasteiger partial charge in [-0.2, -0.15) is 0 Å². The Balaban J connectivity index is 1.80. The van der Waals surface area contributed by atoms with Gasteiger partial charge in [0.25, 0.3) is 11.8 Å². The molecule has 1 fully saturated rings. The minimum absolute atomic E-state index is 0.0148. The maximum Gasteiger partial charge on any atom is 0.512 e. The molecule has 0 bridgehead atoms. The summed E-state index contributed by atoms with van der Waals surface area (Å²) in [5, 5.41) is 12.4. The Hall–Kier alpha value is -2.96. The first-order valence-corrected chi connectivity index (χ1v) is 17.5. The van der Waals surface area contributed by atoms with Gasteiger partial charge in [-0.3, -0.25) is 28.4 Å². The molecule has 22 heteroatoms. The number of nitrogens with two attached hydrogens (primary N) is 1. The van der Waals surface area contributed by atoms with Gasteiger partial charge in [-0.15, -0.1) is 23.1 Å². The minimum atomic E-state index is -5.13. The number of rotatable bonds is 14. The lowest BCUT2D eigenvalue weighted by Gasteiger charge is -2.55. The number of carboxylic acid groups (broad SMARTS) is 1. The smallest absolute Gasteiger partial charge is 0.449 e. The van der Waals surface area contributed by atoms with Gasteiger partial charge in [0, 0.05) is 22.7 Å². The predicted octanol–water partition coefficient (Wildman–Crippen LogP) is 0.0302. The number of carbonyl (C=O) groups excluding carboxylic acids is 4. The topological polar surface area (TPSA) is 292 Å². The van der Waals surface area contributed by atoms with E-state index in [1.807, 2.05) is 0 Å². The lowest BCUT2D eigenvalue weighted by Crippen LogP contribution is -2.84. The summed E-state index contributed by atoms with van der Waals surface area (Å²) in [6.45, 7) is -0.733. The first kappa shape index (κ1) is 34.5. The van der Waals surface area contributed by atoms with Crippen molar-refractivity contribution in [1.82, 2.24) is 15.5 Å². The molecule has 1 aromatic heterocycles. The normalized spacial score (nSPS) is 20.3. The van der Waals surface area contributed by atoms with E-state index < -0.39 is 80.4 Å². The molecule has 1 aromatic rings. The van der Waals surface area contributed by atoms with E-state index in [1.165, 1.54) is 11.3 Å². The van der Waals surface area contributed by atoms with Gasteiger partial charge in [-0.25, -0.2) is 9.59 Å². The quantitative estimate of drug-likeness (QED) is 0.0421. The van der Waals surface area contributed by atoms with Crippen molar-refractivity contribution in [2.24, 2.45) is 5.73 Å². The molecule has 0 spiro atoms. The molecule has 0 aromatic carbocycles. The number of carbonyl (C=O) groups is 5. The Bertz CT molecular complexity index is 1370. The monoisotopic (exact) mass is 686 g/mol. The van der Waals surface area contributed by atoms with E-state index in [-0.39, 0.29) is 37.1 Å². The summed E-state index contributed by atoms with van der Waals surface area (Å²) in [6, 6.07) is 3.36. The van der Waals surface area contributed by atoms with Crippen molar-refractivity contribution in [3.05, 3.63) is 33.8 Å². The summed E-state index contributed by atoms with van der Waals surface area (Å²) in [5.74, 6) is -3.35. The van der Waals surface area contributed by atoms with E-state index in [1.54, 1.807) is 17.5 Å². The van der Waals surface area contributed by atoms with Gasteiger partial charge in [-0.05, 0) is 24.3 Å². The summed E-state index contributed by atoms with van der Waals surface area (Å²) in [7, 11) is -10.3. The fraction of sp³-hybridized carbons (Fsp3) is 0.476. The number of thioether (sulfide) groups is 1. The zero-order chi connectivity index (χ0) is 32.2. The average molecular weight is 687 g/mol. The van der Waals surface area contributed by atoms with Crippen LogP contribution in [0.4, 0.5) is 9.59 Å². The van der Waals surface area contributed by atoms with Crippen LogP contribution in [0.25, 0.3) is 0 Å². The highest BCUT2D eigenvalue weighted by atomic mass is 32.2. The van der Waals surface area contributed by atoms with Crippen LogP contribution in [0.2, 0.25) is 0 Å². The number of fused-ring (bicyclic) bond motifs is 1. The van der Waals surface area contributed by atoms with Gasteiger partial charge in [0.2, 0.25) is 17.3 Å². The molecule has 2 aliphatic heterocycles. The van der Waals surface area contributed by atoms with Crippen molar-refractivity contribution in [2.75, 3.05) is 18.9 Å². The molecule has 3 rings (SSSR count). The molecule has 1 saturated heterocycles. The molecule has 0 saturated carbocycles. The molecule has 238 valence electrons. The number of ether oxygens (including phenoxy) is 2. The second-order valence-corrected chi connectivity index (χ2v) is 15.4. The average Bonchev–Trinajstić information content (AvgIpc) is 3.38. The number of primary amides is 1. The van der Waals surface area contributed by atoms with E-state index >= 15 is 0 Å². The Morgan fingerprint density at radius 3 is 2.40 bits per heavy atom. The predicted molar refractivity (Wildman–Crippen MR) is 148 cm³/mol. The third-order valence-electron chi connectivity index (χ3n) is 6.23. The van der Waals surface area contributed by atoms with Crippen molar-refractivity contribution in [3.63, 3.8) is 0 Å². The molecule has 43 heavy (non-hydrogen) atoms. The highest BCUT2D eigenvalue weighted by molar-refractivity contribution is 8.00. The zero-order valence-electron chi connectivity index (χ0n) is 22.0. The van der Waals surface area contributed by atoms with Crippen LogP contribution in [0.15, 0.2) is 29.0 Å². The number of β-lactam (4-membered cyclic amide) rings is 1. The van der Waals surface area contributed by atoms with Crippen LogP contribution in [0.5, 0.6) is 0 Å². The van der Waals surface area contributed by atoms with Crippen LogP contribution >= 0.6 is 38.3 Å². The third kappa shape index (κ3) is 8.16. The number of nitrogens with zero attached hydrogens (tertiary/aromatic N) is 1. The van der Waals surface area contributed by atoms with Crippen LogP contribution in [0, 0.1) is 0 Å². The van der Waals surface area contributed by atoms with E-state index in [9.17, 15) is 57.8 Å². The molecular formula is C21H28N4O14P2S2. The summed E-state index contributed by atoms with van der Waals surface area (Å²) in [5.41, 5.74) is 2.80. The molecule has 3 heterocycles. The van der Waals surface area contributed by atoms with Crippen LogP contribution < -0.4 is 16.4 Å². The first-order chi connectivity index (χ1) is 20.0. The Labute approximate surface area is 251 Å². The van der Waals surface area contributed by atoms with Gasteiger partial charge >= 0.3 is 27.4 Å². The molecule has 18 nitrogen and oxygen atoms in total. The van der Waals surface area contributed by atoms with Crippen LogP contribution in [-0.2, 0) is 39.4 Å². The van der Waals surface area contributed by atoms with Gasteiger partial charge in [-0.1, -0.05) is 12.5 Å². The highest BCUT2D eigenvalue weighted by Gasteiger charge is 2.70. The fourth-order valence-electron chi connectivity index (χ4n) is 4.35. The lowest BCUT2D eigenvalue weighted by molar-refractivity contribution is -0.165. The van der Waals surface area contributed by atoms with Crippen LogP contribution in [0.1, 0.15) is 24.1 Å².